The molecule has 2 aromatic carbocycles. The third kappa shape index (κ3) is 3.08. The van der Waals surface area contributed by atoms with Crippen molar-refractivity contribution in [2.75, 3.05) is 6.54 Å². The molecule has 6 nitrogen and oxygen atoms in total. The minimum absolute atomic E-state index is 0.311. The van der Waals surface area contributed by atoms with Gasteiger partial charge in [0, 0.05) is 48.8 Å². The Hall–Kier alpha value is -3.38. The quantitative estimate of drug-likeness (QED) is 0.595. The Balaban J connectivity index is 1.42. The summed E-state index contributed by atoms with van der Waals surface area (Å²) in [4.78, 5) is 16.6. The van der Waals surface area contributed by atoms with Crippen molar-refractivity contribution in [3.05, 3.63) is 88.2 Å². The molecular weight excluding hydrogens is 354 g/mol. The van der Waals surface area contributed by atoms with Gasteiger partial charge in [-0.05, 0) is 17.7 Å². The van der Waals surface area contributed by atoms with Crippen LogP contribution in [0.5, 0.6) is 5.88 Å². The van der Waals surface area contributed by atoms with Crippen molar-refractivity contribution in [2.45, 2.75) is 19.6 Å². The van der Waals surface area contributed by atoms with E-state index in [1.807, 2.05) is 48.5 Å². The lowest BCUT2D eigenvalue weighted by molar-refractivity contribution is 0.291. The summed E-state index contributed by atoms with van der Waals surface area (Å²) in [6.07, 6.45) is 2.57. The van der Waals surface area contributed by atoms with Gasteiger partial charge in [0.1, 0.15) is 18.0 Å². The van der Waals surface area contributed by atoms with E-state index in [-0.39, 0.29) is 5.69 Å². The zero-order valence-electron chi connectivity index (χ0n) is 15.2. The molecule has 0 unspecified atom stereocenters. The van der Waals surface area contributed by atoms with Crippen LogP contribution < -0.4 is 15.7 Å². The molecule has 1 N–H and O–H groups in total. The second-order valence-corrected chi connectivity index (χ2v) is 6.80. The summed E-state index contributed by atoms with van der Waals surface area (Å²) in [5.41, 5.74) is 3.36. The highest BCUT2D eigenvalue weighted by Gasteiger charge is 2.18. The molecule has 4 aromatic rings. The van der Waals surface area contributed by atoms with E-state index in [1.165, 1.54) is 10.1 Å². The number of furan rings is 1. The first kappa shape index (κ1) is 16.8. The van der Waals surface area contributed by atoms with Gasteiger partial charge >= 0.3 is 5.69 Å². The number of rotatable bonds is 4. The summed E-state index contributed by atoms with van der Waals surface area (Å²) in [5.74, 6) is 1.34. The van der Waals surface area contributed by atoms with Gasteiger partial charge in [0.05, 0.1) is 5.69 Å². The molecule has 0 saturated heterocycles. The van der Waals surface area contributed by atoms with Crippen molar-refractivity contribution in [3.8, 4) is 11.6 Å². The highest BCUT2D eigenvalue weighted by molar-refractivity contribution is 5.84. The van der Waals surface area contributed by atoms with Crippen LogP contribution in [0.15, 0.2) is 70.0 Å². The maximum atomic E-state index is 12.5. The van der Waals surface area contributed by atoms with Gasteiger partial charge in [0.15, 0.2) is 0 Å². The Labute approximate surface area is 161 Å². The normalized spacial score (nSPS) is 13.4. The zero-order chi connectivity index (χ0) is 18.9. The van der Waals surface area contributed by atoms with Crippen LogP contribution in [0.3, 0.4) is 0 Å². The van der Waals surface area contributed by atoms with Gasteiger partial charge < -0.3 is 14.5 Å². The van der Waals surface area contributed by atoms with E-state index in [0.717, 1.165) is 47.5 Å². The van der Waals surface area contributed by atoms with Crippen LogP contribution in [0.1, 0.15) is 16.9 Å². The SMILES string of the molecule is O=c1nc(OCc2ccccc2)ccn1-c1ccc2c3c(oc2c1)CCNC3. The fraction of sp³-hybridized carbons (Fsp3) is 0.182. The van der Waals surface area contributed by atoms with Gasteiger partial charge in [0.2, 0.25) is 5.88 Å². The molecule has 140 valence electrons. The van der Waals surface area contributed by atoms with Crippen LogP contribution in [0.2, 0.25) is 0 Å². The van der Waals surface area contributed by atoms with Crippen LogP contribution in [0, 0.1) is 0 Å². The molecule has 0 spiro atoms. The van der Waals surface area contributed by atoms with Crippen LogP contribution in [-0.4, -0.2) is 16.1 Å². The molecule has 1 aliphatic heterocycles. The Bertz CT molecular complexity index is 1190. The molecule has 5 rings (SSSR count). The molecular formula is C22H19N3O3. The van der Waals surface area contributed by atoms with Gasteiger partial charge in [-0.15, -0.1) is 0 Å². The van der Waals surface area contributed by atoms with Crippen molar-refractivity contribution < 1.29 is 9.15 Å². The predicted octanol–water partition coefficient (Wildman–Crippen LogP) is 3.20. The first-order chi connectivity index (χ1) is 13.8. The summed E-state index contributed by atoms with van der Waals surface area (Å²) in [7, 11) is 0. The molecule has 1 aliphatic rings. The number of nitrogens with one attached hydrogen (secondary N) is 1. The minimum Gasteiger partial charge on any atom is -0.473 e. The molecule has 3 heterocycles. The molecule has 0 atom stereocenters. The fourth-order valence-electron chi connectivity index (χ4n) is 3.55. The van der Waals surface area contributed by atoms with Crippen molar-refractivity contribution in [1.29, 1.82) is 0 Å². The number of nitrogens with zero attached hydrogens (tertiary/aromatic N) is 2. The topological polar surface area (TPSA) is 69.3 Å². The number of aromatic nitrogens is 2. The molecule has 6 heteroatoms. The maximum absolute atomic E-state index is 12.5. The number of hydrogen-bond donors (Lipinski definition) is 1. The summed E-state index contributed by atoms with van der Waals surface area (Å²) in [6.45, 7) is 2.11. The molecule has 28 heavy (non-hydrogen) atoms. The molecule has 0 fully saturated rings. The maximum Gasteiger partial charge on any atom is 0.355 e. The standard InChI is InChI=1S/C22H19N3O3/c26-22-24-21(27-14-15-4-2-1-3-5-15)9-11-25(22)16-6-7-17-18-13-23-10-8-19(18)28-20(17)12-16/h1-7,9,11-12,23H,8,10,13-14H2. The number of fused-ring (bicyclic) bond motifs is 3. The smallest absolute Gasteiger partial charge is 0.355 e. The average molecular weight is 373 g/mol. The first-order valence-electron chi connectivity index (χ1n) is 9.30. The van der Waals surface area contributed by atoms with Crippen LogP contribution in [0.25, 0.3) is 16.7 Å². The van der Waals surface area contributed by atoms with Gasteiger partial charge in [-0.1, -0.05) is 30.3 Å². The molecule has 0 saturated carbocycles. The van der Waals surface area contributed by atoms with Gasteiger partial charge in [-0.2, -0.15) is 4.98 Å². The third-order valence-corrected chi connectivity index (χ3v) is 4.98. The number of benzene rings is 2. The van der Waals surface area contributed by atoms with E-state index in [9.17, 15) is 4.79 Å². The Morgan fingerprint density at radius 1 is 1.14 bits per heavy atom. The second kappa shape index (κ2) is 6.98. The fourth-order valence-corrected chi connectivity index (χ4v) is 3.55. The first-order valence-corrected chi connectivity index (χ1v) is 9.30. The Kier molecular flexibility index (Phi) is 4.18. The lowest BCUT2D eigenvalue weighted by Crippen LogP contribution is -2.22. The molecule has 0 radical (unpaired) electrons. The third-order valence-electron chi connectivity index (χ3n) is 4.98. The molecule has 0 aliphatic carbocycles. The number of hydrogen-bond acceptors (Lipinski definition) is 5. The van der Waals surface area contributed by atoms with E-state index in [2.05, 4.69) is 10.3 Å². The predicted molar refractivity (Wildman–Crippen MR) is 106 cm³/mol. The summed E-state index contributed by atoms with van der Waals surface area (Å²) in [5, 5.41) is 4.46. The average Bonchev–Trinajstić information content (AvgIpc) is 3.11. The highest BCUT2D eigenvalue weighted by Crippen LogP contribution is 2.29. The molecule has 0 bridgehead atoms. The summed E-state index contributed by atoms with van der Waals surface area (Å²) < 4.78 is 13.1. The lowest BCUT2D eigenvalue weighted by atomic mass is 10.1. The highest BCUT2D eigenvalue weighted by atomic mass is 16.5. The minimum atomic E-state index is -0.386. The van der Waals surface area contributed by atoms with E-state index in [4.69, 9.17) is 9.15 Å². The van der Waals surface area contributed by atoms with Crippen molar-refractivity contribution in [3.63, 3.8) is 0 Å². The van der Waals surface area contributed by atoms with E-state index >= 15 is 0 Å². The van der Waals surface area contributed by atoms with E-state index < -0.39 is 0 Å². The lowest BCUT2D eigenvalue weighted by Gasteiger charge is -2.10. The Morgan fingerprint density at radius 3 is 2.89 bits per heavy atom. The van der Waals surface area contributed by atoms with Gasteiger partial charge in [-0.3, -0.25) is 4.57 Å². The number of ether oxygens (including phenoxy) is 1. The molecule has 2 aromatic heterocycles. The van der Waals surface area contributed by atoms with Gasteiger partial charge in [0.25, 0.3) is 0 Å². The van der Waals surface area contributed by atoms with E-state index in [0.29, 0.717) is 12.5 Å². The zero-order valence-corrected chi connectivity index (χ0v) is 15.2. The van der Waals surface area contributed by atoms with Crippen molar-refractivity contribution in [1.82, 2.24) is 14.9 Å². The second-order valence-electron chi connectivity index (χ2n) is 6.80. The van der Waals surface area contributed by atoms with Crippen LogP contribution in [-0.2, 0) is 19.6 Å². The van der Waals surface area contributed by atoms with Crippen LogP contribution in [0.4, 0.5) is 0 Å². The van der Waals surface area contributed by atoms with Gasteiger partial charge in [-0.25, -0.2) is 4.79 Å². The summed E-state index contributed by atoms with van der Waals surface area (Å²) >= 11 is 0. The summed E-state index contributed by atoms with van der Waals surface area (Å²) in [6, 6.07) is 17.3. The van der Waals surface area contributed by atoms with Crippen molar-refractivity contribution >= 4 is 11.0 Å². The molecule has 0 amide bonds. The van der Waals surface area contributed by atoms with E-state index in [1.54, 1.807) is 12.3 Å². The largest absolute Gasteiger partial charge is 0.473 e. The van der Waals surface area contributed by atoms with Crippen molar-refractivity contribution in [2.24, 2.45) is 0 Å². The van der Waals surface area contributed by atoms with Crippen LogP contribution >= 0.6 is 0 Å². The monoisotopic (exact) mass is 373 g/mol. The Morgan fingerprint density at radius 2 is 2.04 bits per heavy atom.